The maximum atomic E-state index is 12.6. The number of nitrogens with zero attached hydrogens (tertiary/aromatic N) is 2. The first-order valence-corrected chi connectivity index (χ1v) is 12.1. The van der Waals surface area contributed by atoms with E-state index in [4.69, 9.17) is 0 Å². The third-order valence-electron chi connectivity index (χ3n) is 5.04. The first-order valence-electron chi connectivity index (χ1n) is 10.4. The fourth-order valence-corrected chi connectivity index (χ4v) is 5.20. The van der Waals surface area contributed by atoms with E-state index < -0.39 is 0 Å². The second kappa shape index (κ2) is 10.1. The molecule has 0 bridgehead atoms. The average molecular weight is 466 g/mol. The van der Waals surface area contributed by atoms with Crippen molar-refractivity contribution in [3.63, 3.8) is 0 Å². The second-order valence-electron chi connectivity index (χ2n) is 7.52. The summed E-state index contributed by atoms with van der Waals surface area (Å²) >= 11 is 2.59. The van der Waals surface area contributed by atoms with Gasteiger partial charge in [-0.15, -0.1) is 11.3 Å². The molecule has 1 fully saturated rings. The molecule has 4 rings (SSSR count). The lowest BCUT2D eigenvalue weighted by Crippen LogP contribution is -2.37. The molecule has 0 aliphatic carbocycles. The fraction of sp³-hybridized carbons (Fsp3) is 0.250. The second-order valence-corrected chi connectivity index (χ2v) is 9.63. The van der Waals surface area contributed by atoms with Crippen molar-refractivity contribution in [2.75, 3.05) is 13.1 Å². The molecule has 164 valence electrons. The Labute approximate surface area is 194 Å². The Morgan fingerprint density at radius 2 is 1.91 bits per heavy atom. The van der Waals surface area contributed by atoms with Crippen LogP contribution in [0.3, 0.4) is 0 Å². The first-order chi connectivity index (χ1) is 15.5. The van der Waals surface area contributed by atoms with Gasteiger partial charge >= 0.3 is 0 Å². The van der Waals surface area contributed by atoms with Gasteiger partial charge in [0.1, 0.15) is 0 Å². The van der Waals surface area contributed by atoms with E-state index in [1.165, 1.54) is 4.90 Å². The normalized spacial score (nSPS) is 15.2. The lowest BCUT2D eigenvalue weighted by molar-refractivity contribution is -0.124. The minimum absolute atomic E-state index is 0.0896. The molecule has 0 radical (unpaired) electrons. The quantitative estimate of drug-likeness (QED) is 0.484. The van der Waals surface area contributed by atoms with Crippen LogP contribution >= 0.6 is 23.1 Å². The number of thiazole rings is 1. The van der Waals surface area contributed by atoms with Crippen molar-refractivity contribution in [1.29, 1.82) is 0 Å². The van der Waals surface area contributed by atoms with E-state index in [2.05, 4.69) is 10.3 Å². The zero-order valence-electron chi connectivity index (χ0n) is 17.7. The Hall–Kier alpha value is -2.97. The van der Waals surface area contributed by atoms with Gasteiger partial charge in [0, 0.05) is 19.5 Å². The maximum Gasteiger partial charge on any atom is 0.293 e. The maximum absolute atomic E-state index is 12.6. The van der Waals surface area contributed by atoms with E-state index in [9.17, 15) is 14.4 Å². The standard InChI is InChI=1S/C24H23N3O3S2/c1-16-9-11-17(12-10-16)15-20-23(29)27(24(30)32-20)14-13-25-21(28)7-4-8-22-26-18-5-2-3-6-19(18)31-22/h2-3,5-6,9-12,15H,4,7-8,13-14H2,1H3,(H,25,28)/b20-15-. The smallest absolute Gasteiger partial charge is 0.293 e. The Morgan fingerprint density at radius 1 is 1.12 bits per heavy atom. The van der Waals surface area contributed by atoms with Crippen molar-refractivity contribution >= 4 is 56.4 Å². The Kier molecular flexibility index (Phi) is 7.02. The largest absolute Gasteiger partial charge is 0.354 e. The van der Waals surface area contributed by atoms with Crippen LogP contribution in [0.2, 0.25) is 0 Å². The number of aryl methyl sites for hydroxylation is 2. The Morgan fingerprint density at radius 3 is 2.69 bits per heavy atom. The van der Waals surface area contributed by atoms with Gasteiger partial charge in [0.2, 0.25) is 5.91 Å². The number of hydrogen-bond donors (Lipinski definition) is 1. The van der Waals surface area contributed by atoms with Crippen LogP contribution in [-0.2, 0) is 16.0 Å². The minimum Gasteiger partial charge on any atom is -0.354 e. The molecule has 1 saturated heterocycles. The van der Waals surface area contributed by atoms with Crippen molar-refractivity contribution in [1.82, 2.24) is 15.2 Å². The van der Waals surface area contributed by atoms with Crippen LogP contribution in [0.1, 0.15) is 29.0 Å². The van der Waals surface area contributed by atoms with Gasteiger partial charge in [0.25, 0.3) is 11.1 Å². The molecule has 1 N–H and O–H groups in total. The van der Waals surface area contributed by atoms with Crippen LogP contribution in [0.4, 0.5) is 4.79 Å². The zero-order chi connectivity index (χ0) is 22.5. The highest BCUT2D eigenvalue weighted by atomic mass is 32.2. The number of thioether (sulfide) groups is 1. The van der Waals surface area contributed by atoms with Crippen LogP contribution in [0.15, 0.2) is 53.4 Å². The van der Waals surface area contributed by atoms with Crippen LogP contribution in [0.25, 0.3) is 16.3 Å². The number of carbonyl (C=O) groups is 3. The number of hydrogen-bond acceptors (Lipinski definition) is 6. The third kappa shape index (κ3) is 5.44. The molecule has 8 heteroatoms. The van der Waals surface area contributed by atoms with Gasteiger partial charge in [-0.25, -0.2) is 4.98 Å². The molecule has 0 spiro atoms. The van der Waals surface area contributed by atoms with Crippen molar-refractivity contribution in [2.45, 2.75) is 26.2 Å². The number of carbonyl (C=O) groups excluding carboxylic acids is 3. The molecular formula is C24H23N3O3S2. The summed E-state index contributed by atoms with van der Waals surface area (Å²) in [6, 6.07) is 15.7. The van der Waals surface area contributed by atoms with Gasteiger partial charge in [-0.2, -0.15) is 0 Å². The number of benzene rings is 2. The average Bonchev–Trinajstić information content (AvgIpc) is 3.30. The SMILES string of the molecule is Cc1ccc(/C=C2\SC(=O)N(CCNC(=O)CCCc3nc4ccccc4s3)C2=O)cc1. The molecular weight excluding hydrogens is 442 g/mol. The highest BCUT2D eigenvalue weighted by molar-refractivity contribution is 8.18. The molecule has 1 aliphatic heterocycles. The van der Waals surface area contributed by atoms with Gasteiger partial charge in [0.15, 0.2) is 0 Å². The molecule has 3 amide bonds. The Balaban J connectivity index is 1.21. The van der Waals surface area contributed by atoms with Crippen LogP contribution in [-0.4, -0.2) is 40.0 Å². The molecule has 0 atom stereocenters. The molecule has 0 unspecified atom stereocenters. The summed E-state index contributed by atoms with van der Waals surface area (Å²) < 4.78 is 1.15. The Bertz CT molecular complexity index is 1150. The van der Waals surface area contributed by atoms with Crippen molar-refractivity contribution < 1.29 is 14.4 Å². The zero-order valence-corrected chi connectivity index (χ0v) is 19.3. The highest BCUT2D eigenvalue weighted by Crippen LogP contribution is 2.32. The summed E-state index contributed by atoms with van der Waals surface area (Å²) in [6.45, 7) is 2.40. The molecule has 0 saturated carbocycles. The van der Waals surface area contributed by atoms with Gasteiger partial charge < -0.3 is 5.32 Å². The predicted octanol–water partition coefficient (Wildman–Crippen LogP) is 4.78. The summed E-state index contributed by atoms with van der Waals surface area (Å²) in [5.74, 6) is -0.404. The lowest BCUT2D eigenvalue weighted by atomic mass is 10.1. The lowest BCUT2D eigenvalue weighted by Gasteiger charge is -2.12. The summed E-state index contributed by atoms with van der Waals surface area (Å²) in [7, 11) is 0. The molecule has 6 nitrogen and oxygen atoms in total. The van der Waals surface area contributed by atoms with E-state index >= 15 is 0 Å². The van der Waals surface area contributed by atoms with E-state index in [0.29, 0.717) is 17.7 Å². The van der Waals surface area contributed by atoms with Gasteiger partial charge in [0.05, 0.1) is 20.1 Å². The van der Waals surface area contributed by atoms with Gasteiger partial charge in [-0.1, -0.05) is 42.0 Å². The number of aromatic nitrogens is 1. The molecule has 2 aromatic carbocycles. The van der Waals surface area contributed by atoms with E-state index in [-0.39, 0.29) is 30.1 Å². The highest BCUT2D eigenvalue weighted by Gasteiger charge is 2.34. The monoisotopic (exact) mass is 465 g/mol. The summed E-state index contributed by atoms with van der Waals surface area (Å²) in [4.78, 5) is 43.1. The van der Waals surface area contributed by atoms with E-state index in [1.807, 2.05) is 55.5 Å². The minimum atomic E-state index is -0.314. The predicted molar refractivity (Wildman–Crippen MR) is 129 cm³/mol. The topological polar surface area (TPSA) is 79.4 Å². The van der Waals surface area contributed by atoms with Crippen molar-refractivity contribution in [2.24, 2.45) is 0 Å². The van der Waals surface area contributed by atoms with Gasteiger partial charge in [-0.05, 0) is 55.3 Å². The van der Waals surface area contributed by atoms with Crippen LogP contribution < -0.4 is 5.32 Å². The summed E-state index contributed by atoms with van der Waals surface area (Å²) in [5.41, 5.74) is 3.00. The summed E-state index contributed by atoms with van der Waals surface area (Å²) in [6.07, 6.45) is 3.56. The number of para-hydroxylation sites is 1. The fourth-order valence-electron chi connectivity index (χ4n) is 3.33. The van der Waals surface area contributed by atoms with Crippen molar-refractivity contribution in [3.05, 3.63) is 69.6 Å². The van der Waals surface area contributed by atoms with E-state index in [0.717, 1.165) is 44.5 Å². The summed E-state index contributed by atoms with van der Waals surface area (Å²) in [5, 5.41) is 3.52. The molecule has 1 aliphatic rings. The number of imide groups is 1. The number of amides is 3. The van der Waals surface area contributed by atoms with Crippen LogP contribution in [0, 0.1) is 6.92 Å². The number of nitrogens with one attached hydrogen (secondary N) is 1. The molecule has 2 heterocycles. The third-order valence-corrected chi connectivity index (χ3v) is 7.04. The van der Waals surface area contributed by atoms with E-state index in [1.54, 1.807) is 17.4 Å². The number of rotatable bonds is 8. The first kappa shape index (κ1) is 22.2. The molecule has 3 aromatic rings. The van der Waals surface area contributed by atoms with Gasteiger partial charge in [-0.3, -0.25) is 19.3 Å². The molecule has 1 aromatic heterocycles. The van der Waals surface area contributed by atoms with Crippen molar-refractivity contribution in [3.8, 4) is 0 Å². The molecule has 32 heavy (non-hydrogen) atoms. The number of fused-ring (bicyclic) bond motifs is 1. The van der Waals surface area contributed by atoms with Crippen LogP contribution in [0.5, 0.6) is 0 Å².